The molecule has 0 fully saturated rings. The lowest BCUT2D eigenvalue weighted by Crippen LogP contribution is -2.10. The standard InChI is InChI=1S/C25H23FN2O4S/c1-17-3-7-19(8-4-17)23-28-25(33(29,30)22-13-9-20(26)10-14-22)24(32-23)27-16-15-18-5-11-21(31-2)12-6-18/h3-14,27H,15-16H2,1-2H3. The minimum Gasteiger partial charge on any atom is -0.497 e. The van der Waals surface area contributed by atoms with Gasteiger partial charge in [0.25, 0.3) is 0 Å². The summed E-state index contributed by atoms with van der Waals surface area (Å²) in [7, 11) is -2.43. The second-order valence-electron chi connectivity index (χ2n) is 7.50. The van der Waals surface area contributed by atoms with Gasteiger partial charge in [0.05, 0.1) is 12.0 Å². The Morgan fingerprint density at radius 3 is 2.27 bits per heavy atom. The number of nitrogens with one attached hydrogen (secondary N) is 1. The number of halogens is 1. The number of aromatic nitrogens is 1. The third-order valence-electron chi connectivity index (χ3n) is 5.13. The van der Waals surface area contributed by atoms with Crippen LogP contribution in [0.15, 0.2) is 87.1 Å². The van der Waals surface area contributed by atoms with Gasteiger partial charge in [-0.1, -0.05) is 29.8 Å². The number of sulfone groups is 1. The van der Waals surface area contributed by atoms with Crippen molar-refractivity contribution >= 4 is 15.7 Å². The van der Waals surface area contributed by atoms with Gasteiger partial charge in [-0.25, -0.2) is 12.8 Å². The Kier molecular flexibility index (Phi) is 6.46. The third kappa shape index (κ3) is 5.06. The summed E-state index contributed by atoms with van der Waals surface area (Å²) in [6.45, 7) is 2.37. The molecule has 0 radical (unpaired) electrons. The highest BCUT2D eigenvalue weighted by Gasteiger charge is 2.28. The first kappa shape index (κ1) is 22.5. The van der Waals surface area contributed by atoms with E-state index in [1.165, 1.54) is 12.1 Å². The number of benzene rings is 3. The van der Waals surface area contributed by atoms with E-state index in [0.717, 1.165) is 29.0 Å². The first-order chi connectivity index (χ1) is 15.9. The van der Waals surface area contributed by atoms with E-state index in [9.17, 15) is 12.8 Å². The van der Waals surface area contributed by atoms with Crippen LogP contribution in [0.1, 0.15) is 11.1 Å². The average Bonchev–Trinajstić information content (AvgIpc) is 3.25. The summed E-state index contributed by atoms with van der Waals surface area (Å²) in [4.78, 5) is 4.24. The van der Waals surface area contributed by atoms with Crippen LogP contribution in [0.3, 0.4) is 0 Å². The number of oxazole rings is 1. The number of anilines is 1. The van der Waals surface area contributed by atoms with Crippen molar-refractivity contribution in [2.75, 3.05) is 19.0 Å². The van der Waals surface area contributed by atoms with E-state index < -0.39 is 15.7 Å². The quantitative estimate of drug-likeness (QED) is 0.356. The van der Waals surface area contributed by atoms with E-state index in [4.69, 9.17) is 9.15 Å². The van der Waals surface area contributed by atoms with Crippen molar-refractivity contribution in [1.29, 1.82) is 0 Å². The second kappa shape index (κ2) is 9.46. The zero-order valence-electron chi connectivity index (χ0n) is 18.2. The Morgan fingerprint density at radius 1 is 0.970 bits per heavy atom. The molecule has 33 heavy (non-hydrogen) atoms. The lowest BCUT2D eigenvalue weighted by atomic mass is 10.1. The Labute approximate surface area is 192 Å². The highest BCUT2D eigenvalue weighted by Crippen LogP contribution is 2.32. The average molecular weight is 467 g/mol. The maximum Gasteiger partial charge on any atom is 0.233 e. The van der Waals surface area contributed by atoms with Crippen LogP contribution in [-0.4, -0.2) is 27.1 Å². The van der Waals surface area contributed by atoms with E-state index in [0.29, 0.717) is 18.5 Å². The van der Waals surface area contributed by atoms with E-state index in [1.807, 2.05) is 55.5 Å². The summed E-state index contributed by atoms with van der Waals surface area (Å²) in [6, 6.07) is 19.7. The van der Waals surface area contributed by atoms with Crippen molar-refractivity contribution in [3.05, 3.63) is 89.7 Å². The van der Waals surface area contributed by atoms with Crippen LogP contribution in [-0.2, 0) is 16.3 Å². The Bertz CT molecular complexity index is 1330. The van der Waals surface area contributed by atoms with Crippen molar-refractivity contribution in [2.24, 2.45) is 0 Å². The van der Waals surface area contributed by atoms with E-state index >= 15 is 0 Å². The first-order valence-corrected chi connectivity index (χ1v) is 11.8. The fourth-order valence-corrected chi connectivity index (χ4v) is 4.54. The van der Waals surface area contributed by atoms with Gasteiger partial charge in [-0.3, -0.25) is 0 Å². The van der Waals surface area contributed by atoms with Crippen molar-refractivity contribution in [3.63, 3.8) is 0 Å². The summed E-state index contributed by atoms with van der Waals surface area (Å²) < 4.78 is 50.9. The largest absolute Gasteiger partial charge is 0.497 e. The molecule has 1 N–H and O–H groups in total. The van der Waals surface area contributed by atoms with Crippen molar-refractivity contribution in [2.45, 2.75) is 23.3 Å². The minimum atomic E-state index is -4.04. The number of aryl methyl sites for hydroxylation is 1. The highest BCUT2D eigenvalue weighted by molar-refractivity contribution is 7.91. The topological polar surface area (TPSA) is 81.4 Å². The monoisotopic (exact) mass is 466 g/mol. The first-order valence-electron chi connectivity index (χ1n) is 10.3. The van der Waals surface area contributed by atoms with Crippen LogP contribution in [0.25, 0.3) is 11.5 Å². The second-order valence-corrected chi connectivity index (χ2v) is 9.37. The number of hydrogen-bond acceptors (Lipinski definition) is 6. The zero-order chi connectivity index (χ0) is 23.4. The molecule has 0 atom stereocenters. The summed E-state index contributed by atoms with van der Waals surface area (Å²) in [5.41, 5.74) is 2.76. The molecule has 0 unspecified atom stereocenters. The van der Waals surface area contributed by atoms with Gasteiger partial charge in [0.2, 0.25) is 26.6 Å². The van der Waals surface area contributed by atoms with E-state index in [2.05, 4.69) is 10.3 Å². The van der Waals surface area contributed by atoms with Gasteiger partial charge in [0, 0.05) is 12.1 Å². The lowest BCUT2D eigenvalue weighted by Gasteiger charge is -2.07. The Hall–Kier alpha value is -3.65. The molecule has 0 aliphatic rings. The predicted octanol–water partition coefficient (Wildman–Crippen LogP) is 5.29. The molecule has 0 spiro atoms. The SMILES string of the molecule is COc1ccc(CCNc2oc(-c3ccc(C)cc3)nc2S(=O)(=O)c2ccc(F)cc2)cc1. The number of rotatable bonds is 8. The molecule has 4 aromatic rings. The van der Waals surface area contributed by atoms with E-state index in [1.54, 1.807) is 7.11 Å². The fraction of sp³-hybridized carbons (Fsp3) is 0.160. The smallest absolute Gasteiger partial charge is 0.233 e. The van der Waals surface area contributed by atoms with Crippen LogP contribution < -0.4 is 10.1 Å². The summed E-state index contributed by atoms with van der Waals surface area (Å²) >= 11 is 0. The molecule has 0 amide bonds. The van der Waals surface area contributed by atoms with Gasteiger partial charge < -0.3 is 14.5 Å². The highest BCUT2D eigenvalue weighted by atomic mass is 32.2. The Morgan fingerprint density at radius 2 is 1.64 bits per heavy atom. The van der Waals surface area contributed by atoms with Crippen molar-refractivity contribution < 1.29 is 22.0 Å². The molecule has 6 nitrogen and oxygen atoms in total. The van der Waals surface area contributed by atoms with Gasteiger partial charge in [0.1, 0.15) is 11.6 Å². The van der Waals surface area contributed by atoms with Crippen LogP contribution in [0, 0.1) is 12.7 Å². The van der Waals surface area contributed by atoms with Gasteiger partial charge >= 0.3 is 0 Å². The molecular weight excluding hydrogens is 443 g/mol. The molecule has 0 saturated carbocycles. The van der Waals surface area contributed by atoms with Crippen LogP contribution in [0.2, 0.25) is 0 Å². The molecular formula is C25H23FN2O4S. The van der Waals surface area contributed by atoms with Crippen LogP contribution >= 0.6 is 0 Å². The van der Waals surface area contributed by atoms with Crippen LogP contribution in [0.5, 0.6) is 5.75 Å². The van der Waals surface area contributed by atoms with Gasteiger partial charge in [-0.05, 0) is 67.4 Å². The molecule has 1 heterocycles. The third-order valence-corrected chi connectivity index (χ3v) is 6.81. The lowest BCUT2D eigenvalue weighted by molar-refractivity contribution is 0.414. The molecule has 4 rings (SSSR count). The van der Waals surface area contributed by atoms with Gasteiger partial charge in [-0.15, -0.1) is 0 Å². The molecule has 3 aromatic carbocycles. The van der Waals surface area contributed by atoms with Crippen molar-refractivity contribution in [1.82, 2.24) is 4.98 Å². The fourth-order valence-electron chi connectivity index (χ4n) is 3.26. The summed E-state index contributed by atoms with van der Waals surface area (Å²) in [6.07, 6.45) is 0.626. The van der Waals surface area contributed by atoms with E-state index in [-0.39, 0.29) is 21.7 Å². The Balaban J connectivity index is 1.64. The zero-order valence-corrected chi connectivity index (χ0v) is 19.0. The van der Waals surface area contributed by atoms with Gasteiger partial charge in [0.15, 0.2) is 0 Å². The van der Waals surface area contributed by atoms with Crippen LogP contribution in [0.4, 0.5) is 10.3 Å². The maximum absolute atomic E-state index is 13.3. The summed E-state index contributed by atoms with van der Waals surface area (Å²) in [5.74, 6) is 0.468. The number of hydrogen-bond donors (Lipinski definition) is 1. The molecule has 0 saturated heterocycles. The minimum absolute atomic E-state index is 0.0448. The maximum atomic E-state index is 13.3. The van der Waals surface area contributed by atoms with Crippen molar-refractivity contribution in [3.8, 4) is 17.2 Å². The molecule has 0 aliphatic carbocycles. The predicted molar refractivity (Wildman–Crippen MR) is 124 cm³/mol. The molecule has 8 heteroatoms. The molecule has 0 aliphatic heterocycles. The molecule has 170 valence electrons. The number of ether oxygens (including phenoxy) is 1. The van der Waals surface area contributed by atoms with Gasteiger partial charge in [-0.2, -0.15) is 4.98 Å². The number of nitrogens with zero attached hydrogens (tertiary/aromatic N) is 1. The molecule has 0 bridgehead atoms. The normalized spacial score (nSPS) is 11.4. The molecule has 1 aromatic heterocycles. The summed E-state index contributed by atoms with van der Waals surface area (Å²) in [5, 5.41) is 2.83. The number of methoxy groups -OCH3 is 1.